The molecule has 2 aromatic rings. The molecule has 0 bridgehead atoms. The van der Waals surface area contributed by atoms with E-state index in [4.69, 9.17) is 4.52 Å². The zero-order valence-electron chi connectivity index (χ0n) is 14.4. The van der Waals surface area contributed by atoms with Crippen molar-refractivity contribution in [2.75, 3.05) is 20.1 Å². The maximum absolute atomic E-state index is 11.7. The van der Waals surface area contributed by atoms with Crippen LogP contribution in [0.15, 0.2) is 46.1 Å². The number of aliphatic imine (C=N–C) groups is 1. The van der Waals surface area contributed by atoms with E-state index < -0.39 is 0 Å². The van der Waals surface area contributed by atoms with Crippen LogP contribution in [-0.2, 0) is 13.0 Å². The first kappa shape index (κ1) is 20.9. The van der Waals surface area contributed by atoms with Gasteiger partial charge in [0.15, 0.2) is 5.96 Å². The highest BCUT2D eigenvalue weighted by Gasteiger charge is 2.04. The number of aromatic nitrogens is 1. The molecule has 0 saturated heterocycles. The van der Waals surface area contributed by atoms with Gasteiger partial charge in [-0.3, -0.25) is 4.79 Å². The van der Waals surface area contributed by atoms with Gasteiger partial charge in [-0.05, 0) is 31.0 Å². The molecule has 0 saturated carbocycles. The first-order chi connectivity index (χ1) is 11.7. The van der Waals surface area contributed by atoms with Crippen molar-refractivity contribution in [1.82, 2.24) is 21.1 Å². The highest BCUT2D eigenvalue weighted by atomic mass is 127. The van der Waals surface area contributed by atoms with Gasteiger partial charge in [-0.1, -0.05) is 17.3 Å². The van der Waals surface area contributed by atoms with E-state index in [1.165, 1.54) is 6.26 Å². The van der Waals surface area contributed by atoms with Gasteiger partial charge in [0.2, 0.25) is 0 Å². The minimum absolute atomic E-state index is 0. The van der Waals surface area contributed by atoms with Gasteiger partial charge < -0.3 is 20.5 Å². The first-order valence-electron chi connectivity index (χ1n) is 7.95. The molecule has 0 unspecified atom stereocenters. The van der Waals surface area contributed by atoms with Crippen LogP contribution < -0.4 is 16.0 Å². The Bertz CT molecular complexity index is 673. The van der Waals surface area contributed by atoms with Crippen molar-refractivity contribution in [2.24, 2.45) is 4.99 Å². The van der Waals surface area contributed by atoms with Crippen LogP contribution in [0.2, 0.25) is 0 Å². The van der Waals surface area contributed by atoms with Crippen LogP contribution in [0.1, 0.15) is 28.5 Å². The first-order valence-corrected chi connectivity index (χ1v) is 7.95. The summed E-state index contributed by atoms with van der Waals surface area (Å²) in [5.74, 6) is 0.648. The number of hydrogen-bond donors (Lipinski definition) is 3. The molecule has 25 heavy (non-hydrogen) atoms. The summed E-state index contributed by atoms with van der Waals surface area (Å²) in [6.45, 7) is 3.96. The molecule has 1 heterocycles. The van der Waals surface area contributed by atoms with Crippen LogP contribution in [0.25, 0.3) is 0 Å². The maximum atomic E-state index is 11.7. The molecule has 0 spiro atoms. The minimum atomic E-state index is -0.0766. The van der Waals surface area contributed by atoms with Crippen LogP contribution >= 0.6 is 24.0 Å². The smallest absolute Gasteiger partial charge is 0.251 e. The Kier molecular flexibility index (Phi) is 9.60. The molecule has 1 aromatic carbocycles. The van der Waals surface area contributed by atoms with Crippen LogP contribution in [0.5, 0.6) is 0 Å². The van der Waals surface area contributed by atoms with Crippen LogP contribution in [0.4, 0.5) is 0 Å². The van der Waals surface area contributed by atoms with Crippen molar-refractivity contribution < 1.29 is 9.32 Å². The molecular weight excluding hydrogens is 433 g/mol. The molecule has 0 aliphatic carbocycles. The number of hydrogen-bond acceptors (Lipinski definition) is 4. The Morgan fingerprint density at radius 1 is 1.28 bits per heavy atom. The number of benzene rings is 1. The lowest BCUT2D eigenvalue weighted by Crippen LogP contribution is -2.38. The third kappa shape index (κ3) is 7.12. The topological polar surface area (TPSA) is 91.6 Å². The molecule has 0 fully saturated rings. The van der Waals surface area contributed by atoms with Gasteiger partial charge in [0, 0.05) is 31.8 Å². The van der Waals surface area contributed by atoms with E-state index in [-0.39, 0.29) is 29.9 Å². The summed E-state index contributed by atoms with van der Waals surface area (Å²) in [6.07, 6.45) is 2.32. The van der Waals surface area contributed by atoms with E-state index in [0.717, 1.165) is 30.2 Å². The summed E-state index contributed by atoms with van der Waals surface area (Å²) < 4.78 is 4.79. The summed E-state index contributed by atoms with van der Waals surface area (Å²) in [6, 6.07) is 9.40. The molecule has 3 N–H and O–H groups in total. The van der Waals surface area contributed by atoms with E-state index in [1.54, 1.807) is 19.2 Å². The third-order valence-electron chi connectivity index (χ3n) is 3.36. The molecule has 7 nitrogen and oxygen atoms in total. The van der Waals surface area contributed by atoms with Gasteiger partial charge in [0.25, 0.3) is 5.91 Å². The largest absolute Gasteiger partial charge is 0.364 e. The van der Waals surface area contributed by atoms with Crippen LogP contribution in [-0.4, -0.2) is 37.2 Å². The zero-order valence-corrected chi connectivity index (χ0v) is 16.7. The summed E-state index contributed by atoms with van der Waals surface area (Å²) >= 11 is 0. The van der Waals surface area contributed by atoms with E-state index >= 15 is 0 Å². The highest BCUT2D eigenvalue weighted by Crippen LogP contribution is 2.05. The fourth-order valence-electron chi connectivity index (χ4n) is 2.16. The number of guanidine groups is 1. The van der Waals surface area contributed by atoms with Gasteiger partial charge in [-0.2, -0.15) is 0 Å². The van der Waals surface area contributed by atoms with Gasteiger partial charge in [0.05, 0.1) is 6.54 Å². The molecular formula is C17H24IN5O2. The predicted octanol–water partition coefficient (Wildman–Crippen LogP) is 1.95. The quantitative estimate of drug-likeness (QED) is 0.336. The van der Waals surface area contributed by atoms with Crippen LogP contribution in [0.3, 0.4) is 0 Å². The normalized spacial score (nSPS) is 10.7. The van der Waals surface area contributed by atoms with E-state index in [0.29, 0.717) is 18.7 Å². The second-order valence-electron chi connectivity index (χ2n) is 5.14. The van der Waals surface area contributed by atoms with Gasteiger partial charge in [-0.25, -0.2) is 4.99 Å². The van der Waals surface area contributed by atoms with Gasteiger partial charge in [0.1, 0.15) is 12.0 Å². The molecule has 136 valence electrons. The number of carbonyl (C=O) groups excluding carboxylic acids is 1. The highest BCUT2D eigenvalue weighted by molar-refractivity contribution is 14.0. The third-order valence-corrected chi connectivity index (χ3v) is 3.36. The lowest BCUT2D eigenvalue weighted by molar-refractivity contribution is 0.0963. The average Bonchev–Trinajstić information content (AvgIpc) is 3.12. The summed E-state index contributed by atoms with van der Waals surface area (Å²) in [7, 11) is 1.63. The fourth-order valence-corrected chi connectivity index (χ4v) is 2.16. The number of amides is 1. The summed E-state index contributed by atoms with van der Waals surface area (Å²) in [5, 5.41) is 12.9. The molecule has 1 aromatic heterocycles. The zero-order chi connectivity index (χ0) is 17.2. The maximum Gasteiger partial charge on any atom is 0.251 e. The molecule has 1 amide bonds. The molecule has 0 aliphatic heterocycles. The molecule has 0 radical (unpaired) electrons. The Morgan fingerprint density at radius 2 is 2.12 bits per heavy atom. The van der Waals surface area contributed by atoms with Gasteiger partial charge in [-0.15, -0.1) is 24.0 Å². The lowest BCUT2D eigenvalue weighted by atomic mass is 10.1. The number of nitrogens with zero attached hydrogens (tertiary/aromatic N) is 2. The SMILES string of the molecule is CCNC(=NCc1ccon1)NCCc1cccc(C(=O)NC)c1.I. The molecule has 0 atom stereocenters. The van der Waals surface area contributed by atoms with Crippen molar-refractivity contribution in [3.63, 3.8) is 0 Å². The van der Waals surface area contributed by atoms with Crippen molar-refractivity contribution in [2.45, 2.75) is 19.9 Å². The lowest BCUT2D eigenvalue weighted by Gasteiger charge is -2.11. The van der Waals surface area contributed by atoms with Crippen molar-refractivity contribution in [3.05, 3.63) is 53.4 Å². The van der Waals surface area contributed by atoms with E-state index in [2.05, 4.69) is 26.1 Å². The van der Waals surface area contributed by atoms with Crippen LogP contribution in [0, 0.1) is 0 Å². The summed E-state index contributed by atoms with van der Waals surface area (Å²) in [5.41, 5.74) is 2.54. The van der Waals surface area contributed by atoms with E-state index in [9.17, 15) is 4.79 Å². The average molecular weight is 457 g/mol. The van der Waals surface area contributed by atoms with Crippen molar-refractivity contribution >= 4 is 35.8 Å². The monoisotopic (exact) mass is 457 g/mol. The molecule has 2 rings (SSSR count). The number of carbonyl (C=O) groups is 1. The Labute approximate surface area is 164 Å². The molecule has 0 aliphatic rings. The second kappa shape index (κ2) is 11.5. The number of nitrogens with one attached hydrogen (secondary N) is 3. The van der Waals surface area contributed by atoms with Gasteiger partial charge >= 0.3 is 0 Å². The Balaban J connectivity index is 0.00000312. The van der Waals surface area contributed by atoms with E-state index in [1.807, 2.05) is 25.1 Å². The number of halogens is 1. The summed E-state index contributed by atoms with van der Waals surface area (Å²) in [4.78, 5) is 16.1. The Morgan fingerprint density at radius 3 is 2.80 bits per heavy atom. The van der Waals surface area contributed by atoms with Crippen molar-refractivity contribution in [1.29, 1.82) is 0 Å². The predicted molar refractivity (Wildman–Crippen MR) is 108 cm³/mol. The fraction of sp³-hybridized carbons (Fsp3) is 0.353. The second-order valence-corrected chi connectivity index (χ2v) is 5.14. The number of rotatable bonds is 7. The Hall–Kier alpha value is -2.10. The molecule has 8 heteroatoms. The van der Waals surface area contributed by atoms with Crippen molar-refractivity contribution in [3.8, 4) is 0 Å². The minimum Gasteiger partial charge on any atom is -0.364 e. The standard InChI is InChI=1S/C17H23N5O2.HI/c1-3-19-17(21-12-15-8-10-24-22-15)20-9-7-13-5-4-6-14(11-13)16(23)18-2;/h4-6,8,10-11H,3,7,9,12H2,1-2H3,(H,18,23)(H2,19,20,21);1H.